The van der Waals surface area contributed by atoms with Crippen molar-refractivity contribution in [1.82, 2.24) is 4.90 Å². The smallest absolute Gasteiger partial charge is 0.122 e. The fourth-order valence-electron chi connectivity index (χ4n) is 2.13. The van der Waals surface area contributed by atoms with Gasteiger partial charge in [-0.3, -0.25) is 0 Å². The van der Waals surface area contributed by atoms with Gasteiger partial charge < -0.3 is 9.64 Å². The molecule has 0 unspecified atom stereocenters. The Hall–Kier alpha value is -1.02. The minimum absolute atomic E-state index is 1.05. The van der Waals surface area contributed by atoms with Gasteiger partial charge in [0.25, 0.3) is 0 Å². The van der Waals surface area contributed by atoms with Gasteiger partial charge in [-0.2, -0.15) is 0 Å². The summed E-state index contributed by atoms with van der Waals surface area (Å²) in [5.74, 6) is 1.05. The summed E-state index contributed by atoms with van der Waals surface area (Å²) in [7, 11) is 3.93. The Labute approximate surface area is 85.5 Å². The van der Waals surface area contributed by atoms with Crippen LogP contribution in [0.1, 0.15) is 17.5 Å². The molecule has 1 aliphatic heterocycles. The largest absolute Gasteiger partial charge is 0.496 e. The Balaban J connectivity index is 2.38. The lowest BCUT2D eigenvalue weighted by molar-refractivity contribution is 0.332. The normalized spacial score (nSPS) is 17.3. The van der Waals surface area contributed by atoms with Gasteiger partial charge >= 0.3 is 0 Å². The summed E-state index contributed by atoms with van der Waals surface area (Å²) in [6.45, 7) is 2.23. The van der Waals surface area contributed by atoms with Crippen molar-refractivity contribution in [3.8, 4) is 5.75 Å². The molecule has 0 amide bonds. The predicted octanol–water partition coefficient (Wildman–Crippen LogP) is 2.07. The number of nitrogens with zero attached hydrogens (tertiary/aromatic N) is 1. The molecule has 0 saturated heterocycles. The number of hydrogen-bond acceptors (Lipinski definition) is 2. The van der Waals surface area contributed by atoms with Crippen LogP contribution >= 0.6 is 0 Å². The van der Waals surface area contributed by atoms with Crippen LogP contribution in [0.3, 0.4) is 0 Å². The zero-order chi connectivity index (χ0) is 9.97. The molecule has 0 fully saturated rings. The molecule has 1 aromatic rings. The molecule has 2 nitrogen and oxygen atoms in total. The summed E-state index contributed by atoms with van der Waals surface area (Å²) in [5.41, 5.74) is 2.82. The van der Waals surface area contributed by atoms with Crippen molar-refractivity contribution in [2.75, 3.05) is 20.7 Å². The number of benzene rings is 1. The van der Waals surface area contributed by atoms with E-state index in [2.05, 4.69) is 30.1 Å². The summed E-state index contributed by atoms with van der Waals surface area (Å²) in [6.07, 6.45) is 2.37. The first-order valence-electron chi connectivity index (χ1n) is 5.14. The van der Waals surface area contributed by atoms with Crippen LogP contribution in [0.4, 0.5) is 0 Å². The van der Waals surface area contributed by atoms with Gasteiger partial charge in [0.05, 0.1) is 7.11 Å². The zero-order valence-electron chi connectivity index (χ0n) is 8.92. The van der Waals surface area contributed by atoms with Crippen LogP contribution < -0.4 is 4.74 Å². The SMILES string of the molecule is COc1cccc2c1CCCN(C)C2. The Morgan fingerprint density at radius 1 is 1.36 bits per heavy atom. The van der Waals surface area contributed by atoms with Crippen LogP contribution in [0.2, 0.25) is 0 Å². The highest BCUT2D eigenvalue weighted by Gasteiger charge is 2.14. The van der Waals surface area contributed by atoms with Gasteiger partial charge in [-0.1, -0.05) is 12.1 Å². The Morgan fingerprint density at radius 2 is 2.21 bits per heavy atom. The Bertz CT molecular complexity index is 322. The van der Waals surface area contributed by atoms with E-state index in [0.29, 0.717) is 0 Å². The van der Waals surface area contributed by atoms with Crippen molar-refractivity contribution in [3.05, 3.63) is 29.3 Å². The fourth-order valence-corrected chi connectivity index (χ4v) is 2.13. The van der Waals surface area contributed by atoms with Gasteiger partial charge in [-0.25, -0.2) is 0 Å². The minimum atomic E-state index is 1.05. The first-order valence-corrected chi connectivity index (χ1v) is 5.14. The maximum atomic E-state index is 5.38. The molecule has 0 saturated carbocycles. The van der Waals surface area contributed by atoms with Crippen molar-refractivity contribution >= 4 is 0 Å². The summed E-state index contributed by atoms with van der Waals surface area (Å²) >= 11 is 0. The third-order valence-corrected chi connectivity index (χ3v) is 2.86. The van der Waals surface area contributed by atoms with E-state index in [-0.39, 0.29) is 0 Å². The van der Waals surface area contributed by atoms with Crippen molar-refractivity contribution in [2.24, 2.45) is 0 Å². The van der Waals surface area contributed by atoms with Gasteiger partial charge in [0.1, 0.15) is 5.75 Å². The monoisotopic (exact) mass is 191 g/mol. The number of hydrogen-bond donors (Lipinski definition) is 0. The summed E-state index contributed by atoms with van der Waals surface area (Å²) < 4.78 is 5.38. The second-order valence-electron chi connectivity index (χ2n) is 3.94. The van der Waals surface area contributed by atoms with E-state index in [9.17, 15) is 0 Å². The van der Waals surface area contributed by atoms with E-state index in [0.717, 1.165) is 18.7 Å². The molecule has 0 bridgehead atoms. The molecule has 0 aromatic heterocycles. The van der Waals surface area contributed by atoms with E-state index >= 15 is 0 Å². The molecule has 0 N–H and O–H groups in total. The summed E-state index contributed by atoms with van der Waals surface area (Å²) in [5, 5.41) is 0. The molecular formula is C12H17NO. The van der Waals surface area contributed by atoms with Crippen LogP contribution in [0, 0.1) is 0 Å². The lowest BCUT2D eigenvalue weighted by Crippen LogP contribution is -2.16. The molecule has 1 aliphatic rings. The van der Waals surface area contributed by atoms with Gasteiger partial charge in [0, 0.05) is 6.54 Å². The van der Waals surface area contributed by atoms with E-state index in [1.165, 1.54) is 24.1 Å². The second kappa shape index (κ2) is 4.01. The highest BCUT2D eigenvalue weighted by Crippen LogP contribution is 2.26. The lowest BCUT2D eigenvalue weighted by atomic mass is 10.0. The fraction of sp³-hybridized carbons (Fsp3) is 0.500. The maximum absolute atomic E-state index is 5.38. The van der Waals surface area contributed by atoms with Crippen molar-refractivity contribution in [3.63, 3.8) is 0 Å². The highest BCUT2D eigenvalue weighted by atomic mass is 16.5. The second-order valence-corrected chi connectivity index (χ2v) is 3.94. The first kappa shape index (κ1) is 9.53. The Kier molecular flexibility index (Phi) is 2.73. The molecule has 76 valence electrons. The van der Waals surface area contributed by atoms with Crippen molar-refractivity contribution in [2.45, 2.75) is 19.4 Å². The molecule has 0 aliphatic carbocycles. The minimum Gasteiger partial charge on any atom is -0.496 e. The molecule has 0 atom stereocenters. The average molecular weight is 191 g/mol. The van der Waals surface area contributed by atoms with Crippen molar-refractivity contribution < 1.29 is 4.74 Å². The average Bonchev–Trinajstić information content (AvgIpc) is 2.37. The van der Waals surface area contributed by atoms with Gasteiger partial charge in [0.15, 0.2) is 0 Å². The standard InChI is InChI=1S/C12H17NO/c1-13-8-4-6-11-10(9-13)5-3-7-12(11)14-2/h3,5,7H,4,6,8-9H2,1-2H3. The molecule has 0 radical (unpaired) electrons. The molecule has 14 heavy (non-hydrogen) atoms. The Morgan fingerprint density at radius 3 is 3.00 bits per heavy atom. The van der Waals surface area contributed by atoms with Crippen LogP contribution in [0.15, 0.2) is 18.2 Å². The number of ether oxygens (including phenoxy) is 1. The number of fused-ring (bicyclic) bond motifs is 1. The molecule has 1 aromatic carbocycles. The van der Waals surface area contributed by atoms with Gasteiger partial charge in [0.2, 0.25) is 0 Å². The van der Waals surface area contributed by atoms with Crippen LogP contribution in [-0.2, 0) is 13.0 Å². The number of methoxy groups -OCH3 is 1. The van der Waals surface area contributed by atoms with E-state index in [1.807, 2.05) is 0 Å². The quantitative estimate of drug-likeness (QED) is 0.674. The molecule has 0 spiro atoms. The van der Waals surface area contributed by atoms with E-state index in [4.69, 9.17) is 4.74 Å². The maximum Gasteiger partial charge on any atom is 0.122 e. The molecule has 2 heteroatoms. The summed E-state index contributed by atoms with van der Waals surface area (Å²) in [4.78, 5) is 2.37. The van der Waals surface area contributed by atoms with Crippen LogP contribution in [0.25, 0.3) is 0 Å². The third kappa shape index (κ3) is 1.75. The predicted molar refractivity (Wildman–Crippen MR) is 57.6 cm³/mol. The third-order valence-electron chi connectivity index (χ3n) is 2.86. The topological polar surface area (TPSA) is 12.5 Å². The van der Waals surface area contributed by atoms with Crippen molar-refractivity contribution in [1.29, 1.82) is 0 Å². The molecule has 1 heterocycles. The number of rotatable bonds is 1. The first-order chi connectivity index (χ1) is 6.81. The van der Waals surface area contributed by atoms with Gasteiger partial charge in [-0.15, -0.1) is 0 Å². The summed E-state index contributed by atoms with van der Waals surface area (Å²) in [6, 6.07) is 6.35. The van der Waals surface area contributed by atoms with Crippen LogP contribution in [0.5, 0.6) is 5.75 Å². The molecular weight excluding hydrogens is 174 g/mol. The van der Waals surface area contributed by atoms with E-state index in [1.54, 1.807) is 7.11 Å². The van der Waals surface area contributed by atoms with E-state index < -0.39 is 0 Å². The van der Waals surface area contributed by atoms with Crippen LogP contribution in [-0.4, -0.2) is 25.6 Å². The lowest BCUT2D eigenvalue weighted by Gasteiger charge is -2.14. The molecule has 2 rings (SSSR count). The zero-order valence-corrected chi connectivity index (χ0v) is 8.92. The van der Waals surface area contributed by atoms with Gasteiger partial charge in [-0.05, 0) is 43.6 Å². The highest BCUT2D eigenvalue weighted by molar-refractivity contribution is 5.40.